The normalized spacial score (nSPS) is 25.2. The summed E-state index contributed by atoms with van der Waals surface area (Å²) in [5, 5.41) is 3.39. The van der Waals surface area contributed by atoms with E-state index in [1.54, 1.807) is 0 Å². The fraction of sp³-hybridized carbons (Fsp3) is 0.696. The fourth-order valence-corrected chi connectivity index (χ4v) is 4.31. The predicted molar refractivity (Wildman–Crippen MR) is 111 cm³/mol. The Labute approximate surface area is 164 Å². The summed E-state index contributed by atoms with van der Waals surface area (Å²) in [4.78, 5) is 14.7. The summed E-state index contributed by atoms with van der Waals surface area (Å²) < 4.78 is 6.15. The fourth-order valence-electron chi connectivity index (χ4n) is 4.31. The summed E-state index contributed by atoms with van der Waals surface area (Å²) in [6.45, 7) is 8.98. The maximum absolute atomic E-state index is 12.7. The third-order valence-corrected chi connectivity index (χ3v) is 6.15. The Morgan fingerprint density at radius 1 is 1.19 bits per heavy atom. The van der Waals surface area contributed by atoms with Gasteiger partial charge in [0, 0.05) is 18.8 Å². The molecule has 1 aliphatic carbocycles. The minimum atomic E-state index is -0.200. The molecular weight excluding hydrogens is 336 g/mol. The van der Waals surface area contributed by atoms with Gasteiger partial charge in [0.25, 0.3) is 0 Å². The van der Waals surface area contributed by atoms with E-state index >= 15 is 0 Å². The molecular formula is C23H36N2O2. The topological polar surface area (TPSA) is 41.6 Å². The molecule has 2 fully saturated rings. The van der Waals surface area contributed by atoms with Crippen LogP contribution in [0.5, 0.6) is 0 Å². The number of likely N-dealkylation sites (tertiary alicyclic amines) is 1. The predicted octanol–water partition coefficient (Wildman–Crippen LogP) is 4.84. The number of ether oxygens (including phenoxy) is 1. The van der Waals surface area contributed by atoms with Gasteiger partial charge in [-0.15, -0.1) is 0 Å². The number of rotatable bonds is 6. The second kappa shape index (κ2) is 9.59. The van der Waals surface area contributed by atoms with Crippen molar-refractivity contribution in [3.05, 3.63) is 29.8 Å². The van der Waals surface area contributed by atoms with Gasteiger partial charge in [0.05, 0.1) is 12.7 Å². The molecule has 1 saturated heterocycles. The van der Waals surface area contributed by atoms with Crippen LogP contribution in [0.15, 0.2) is 24.3 Å². The number of anilines is 1. The van der Waals surface area contributed by atoms with Crippen molar-refractivity contribution in [1.29, 1.82) is 0 Å². The molecule has 1 N–H and O–H groups in total. The van der Waals surface area contributed by atoms with E-state index in [0.29, 0.717) is 12.7 Å². The SMILES string of the molecule is CC1CCN(C(=O)C(C)Nc2cccc(COC3CCCC(C)C3)c2)CC1. The highest BCUT2D eigenvalue weighted by Crippen LogP contribution is 2.26. The smallest absolute Gasteiger partial charge is 0.244 e. The Hall–Kier alpha value is -1.55. The van der Waals surface area contributed by atoms with Gasteiger partial charge in [-0.1, -0.05) is 38.8 Å². The van der Waals surface area contributed by atoms with Crippen molar-refractivity contribution in [2.45, 2.75) is 78.0 Å². The average molecular weight is 373 g/mol. The van der Waals surface area contributed by atoms with Crippen molar-refractivity contribution < 1.29 is 9.53 Å². The first-order valence-corrected chi connectivity index (χ1v) is 10.8. The number of piperidine rings is 1. The molecule has 1 aromatic rings. The largest absolute Gasteiger partial charge is 0.374 e. The summed E-state index contributed by atoms with van der Waals surface area (Å²) in [5.41, 5.74) is 2.17. The number of carbonyl (C=O) groups excluding carboxylic acids is 1. The van der Waals surface area contributed by atoms with Crippen LogP contribution in [0.3, 0.4) is 0 Å². The standard InChI is InChI=1S/C23H36N2O2/c1-17-10-12-25(13-11-17)23(26)19(3)24-21-8-5-7-20(15-21)16-27-22-9-4-6-18(2)14-22/h5,7-8,15,17-19,22,24H,4,6,9-14,16H2,1-3H3. The molecule has 3 rings (SSSR count). The number of benzene rings is 1. The van der Waals surface area contributed by atoms with Gasteiger partial charge >= 0.3 is 0 Å². The van der Waals surface area contributed by atoms with E-state index in [1.807, 2.05) is 24.0 Å². The molecule has 2 aliphatic rings. The zero-order valence-corrected chi connectivity index (χ0v) is 17.2. The zero-order chi connectivity index (χ0) is 19.2. The van der Waals surface area contributed by atoms with E-state index in [4.69, 9.17) is 4.74 Å². The highest BCUT2D eigenvalue weighted by molar-refractivity contribution is 5.84. The maximum atomic E-state index is 12.7. The van der Waals surface area contributed by atoms with Crippen LogP contribution in [-0.2, 0) is 16.1 Å². The number of carbonyl (C=O) groups is 1. The molecule has 0 aromatic heterocycles. The first kappa shape index (κ1) is 20.2. The van der Waals surface area contributed by atoms with Gasteiger partial charge in [-0.2, -0.15) is 0 Å². The summed E-state index contributed by atoms with van der Waals surface area (Å²) in [6.07, 6.45) is 7.60. The van der Waals surface area contributed by atoms with Gasteiger partial charge < -0.3 is 15.0 Å². The van der Waals surface area contributed by atoms with Crippen molar-refractivity contribution in [2.75, 3.05) is 18.4 Å². The molecule has 1 amide bonds. The lowest BCUT2D eigenvalue weighted by Crippen LogP contribution is -2.45. The van der Waals surface area contributed by atoms with Gasteiger partial charge in [0.1, 0.15) is 6.04 Å². The lowest BCUT2D eigenvalue weighted by Gasteiger charge is -2.32. The van der Waals surface area contributed by atoms with Crippen LogP contribution in [0, 0.1) is 11.8 Å². The Balaban J connectivity index is 1.50. The van der Waals surface area contributed by atoms with Gasteiger partial charge in [-0.3, -0.25) is 4.79 Å². The molecule has 27 heavy (non-hydrogen) atoms. The van der Waals surface area contributed by atoms with Crippen LogP contribution in [0.4, 0.5) is 5.69 Å². The van der Waals surface area contributed by atoms with Crippen molar-refractivity contribution in [3.63, 3.8) is 0 Å². The van der Waals surface area contributed by atoms with Crippen molar-refractivity contribution >= 4 is 11.6 Å². The van der Waals surface area contributed by atoms with Gasteiger partial charge in [0.2, 0.25) is 5.91 Å². The third-order valence-electron chi connectivity index (χ3n) is 6.15. The maximum Gasteiger partial charge on any atom is 0.244 e. The lowest BCUT2D eigenvalue weighted by molar-refractivity contribution is -0.132. The molecule has 3 atom stereocenters. The second-order valence-corrected chi connectivity index (χ2v) is 8.78. The van der Waals surface area contributed by atoms with Crippen LogP contribution >= 0.6 is 0 Å². The minimum absolute atomic E-state index is 0.200. The van der Waals surface area contributed by atoms with E-state index in [2.05, 4.69) is 31.3 Å². The summed E-state index contributed by atoms with van der Waals surface area (Å²) in [7, 11) is 0. The number of nitrogens with zero attached hydrogens (tertiary/aromatic N) is 1. The van der Waals surface area contributed by atoms with E-state index < -0.39 is 0 Å². The minimum Gasteiger partial charge on any atom is -0.374 e. The summed E-state index contributed by atoms with van der Waals surface area (Å²) >= 11 is 0. The van der Waals surface area contributed by atoms with Gasteiger partial charge in [0.15, 0.2) is 0 Å². The van der Waals surface area contributed by atoms with Crippen LogP contribution in [0.2, 0.25) is 0 Å². The van der Waals surface area contributed by atoms with E-state index in [-0.39, 0.29) is 11.9 Å². The van der Waals surface area contributed by atoms with Gasteiger partial charge in [-0.25, -0.2) is 0 Å². The van der Waals surface area contributed by atoms with E-state index in [0.717, 1.165) is 43.5 Å². The Kier molecular flexibility index (Phi) is 7.17. The Bertz CT molecular complexity index is 610. The first-order valence-electron chi connectivity index (χ1n) is 10.8. The molecule has 4 nitrogen and oxygen atoms in total. The first-order chi connectivity index (χ1) is 13.0. The lowest BCUT2D eigenvalue weighted by atomic mass is 9.89. The number of nitrogens with one attached hydrogen (secondary N) is 1. The molecule has 1 saturated carbocycles. The average Bonchev–Trinajstić information content (AvgIpc) is 2.67. The van der Waals surface area contributed by atoms with Gasteiger partial charge in [-0.05, 0) is 62.1 Å². The molecule has 1 heterocycles. The quantitative estimate of drug-likeness (QED) is 0.777. The molecule has 0 spiro atoms. The molecule has 1 aliphatic heterocycles. The molecule has 3 unspecified atom stereocenters. The number of amides is 1. The third kappa shape index (κ3) is 5.97. The summed E-state index contributed by atoms with van der Waals surface area (Å²) in [5.74, 6) is 1.72. The monoisotopic (exact) mass is 372 g/mol. The Morgan fingerprint density at radius 3 is 2.70 bits per heavy atom. The van der Waals surface area contributed by atoms with Crippen LogP contribution in [0.25, 0.3) is 0 Å². The molecule has 1 aromatic carbocycles. The van der Waals surface area contributed by atoms with Crippen molar-refractivity contribution in [3.8, 4) is 0 Å². The van der Waals surface area contributed by atoms with E-state index in [9.17, 15) is 4.79 Å². The molecule has 150 valence electrons. The van der Waals surface area contributed by atoms with Crippen molar-refractivity contribution in [2.24, 2.45) is 11.8 Å². The number of hydrogen-bond donors (Lipinski definition) is 1. The molecule has 0 bridgehead atoms. The van der Waals surface area contributed by atoms with Crippen LogP contribution < -0.4 is 5.32 Å². The van der Waals surface area contributed by atoms with Crippen LogP contribution in [0.1, 0.15) is 64.9 Å². The highest BCUT2D eigenvalue weighted by atomic mass is 16.5. The highest BCUT2D eigenvalue weighted by Gasteiger charge is 2.24. The molecule has 4 heteroatoms. The number of hydrogen-bond acceptors (Lipinski definition) is 3. The zero-order valence-electron chi connectivity index (χ0n) is 17.2. The van der Waals surface area contributed by atoms with Crippen molar-refractivity contribution in [1.82, 2.24) is 4.90 Å². The van der Waals surface area contributed by atoms with Crippen LogP contribution in [-0.4, -0.2) is 36.0 Å². The molecule has 0 radical (unpaired) electrons. The summed E-state index contributed by atoms with van der Waals surface area (Å²) in [6, 6.07) is 8.11. The Morgan fingerprint density at radius 2 is 1.96 bits per heavy atom. The second-order valence-electron chi connectivity index (χ2n) is 8.78. The van der Waals surface area contributed by atoms with E-state index in [1.165, 1.54) is 31.2 Å².